The van der Waals surface area contributed by atoms with Gasteiger partial charge in [-0.2, -0.15) is 0 Å². The largest absolute Gasteiger partial charge is 0.496 e. The van der Waals surface area contributed by atoms with Crippen molar-refractivity contribution in [3.8, 4) is 22.8 Å². The van der Waals surface area contributed by atoms with Crippen molar-refractivity contribution in [2.24, 2.45) is 13.0 Å². The van der Waals surface area contributed by atoms with Crippen molar-refractivity contribution in [2.45, 2.75) is 38.5 Å². The molecule has 2 aromatic carbocycles. The van der Waals surface area contributed by atoms with E-state index < -0.39 is 0 Å². The number of anilines is 1. The first kappa shape index (κ1) is 27.8. The standard InChI is InChI=1S/C33H38N6O3/c1-20-31-30(37-32(39(31)16-15-35-20)22-11-9-21(10-12-22)19-34-2)23-13-14-25(29(17-23)42-5)36-33(40)27-18-24-26(38(27)3)7-6-8-28(24)41-4/h6-8,13-18,21-22,34H,9-12,19H2,1-5H3,(H,36,40)/t21-,22-. The van der Waals surface area contributed by atoms with Crippen LogP contribution in [0.25, 0.3) is 27.7 Å². The lowest BCUT2D eigenvalue weighted by molar-refractivity contribution is 0.101. The van der Waals surface area contributed by atoms with Crippen LogP contribution in [0.15, 0.2) is 54.9 Å². The molecule has 0 atom stereocenters. The number of benzene rings is 2. The Balaban J connectivity index is 1.32. The summed E-state index contributed by atoms with van der Waals surface area (Å²) >= 11 is 0. The van der Waals surface area contributed by atoms with Gasteiger partial charge in [-0.25, -0.2) is 4.98 Å². The lowest BCUT2D eigenvalue weighted by Crippen LogP contribution is -2.24. The lowest BCUT2D eigenvalue weighted by Gasteiger charge is -2.27. The number of amides is 1. The Labute approximate surface area is 245 Å². The van der Waals surface area contributed by atoms with E-state index in [1.165, 1.54) is 12.8 Å². The normalized spacial score (nSPS) is 17.1. The molecule has 1 fully saturated rings. The molecule has 1 aliphatic rings. The quantitative estimate of drug-likeness (QED) is 0.241. The van der Waals surface area contributed by atoms with Gasteiger partial charge in [0.05, 0.1) is 42.3 Å². The van der Waals surface area contributed by atoms with Crippen molar-refractivity contribution >= 4 is 28.0 Å². The van der Waals surface area contributed by atoms with E-state index in [0.717, 1.165) is 70.2 Å². The fourth-order valence-electron chi connectivity index (χ4n) is 6.48. The molecule has 6 rings (SSSR count). The first-order valence-electron chi connectivity index (χ1n) is 14.5. The zero-order valence-corrected chi connectivity index (χ0v) is 24.9. The molecule has 1 amide bonds. The van der Waals surface area contributed by atoms with Gasteiger partial charge in [0.15, 0.2) is 0 Å². The number of fused-ring (bicyclic) bond motifs is 2. The van der Waals surface area contributed by atoms with Crippen molar-refractivity contribution < 1.29 is 14.3 Å². The van der Waals surface area contributed by atoms with Crippen LogP contribution in [0.4, 0.5) is 5.69 Å². The van der Waals surface area contributed by atoms with Gasteiger partial charge in [-0.1, -0.05) is 12.1 Å². The van der Waals surface area contributed by atoms with Crippen LogP contribution in [0.2, 0.25) is 0 Å². The summed E-state index contributed by atoms with van der Waals surface area (Å²) < 4.78 is 15.4. The minimum Gasteiger partial charge on any atom is -0.496 e. The second-order valence-electron chi connectivity index (χ2n) is 11.2. The van der Waals surface area contributed by atoms with Crippen molar-refractivity contribution in [3.63, 3.8) is 0 Å². The SMILES string of the molecule is CNC[C@H]1CC[C@H](c2nc(-c3ccc(NC(=O)c4cc5c(OC)cccc5n4C)c(OC)c3)c3c(C)nccn32)CC1. The minimum absolute atomic E-state index is 0.231. The average Bonchev–Trinajstić information content (AvgIpc) is 3.57. The van der Waals surface area contributed by atoms with Gasteiger partial charge in [-0.15, -0.1) is 0 Å². The van der Waals surface area contributed by atoms with E-state index in [-0.39, 0.29) is 5.91 Å². The molecule has 218 valence electrons. The highest BCUT2D eigenvalue weighted by Gasteiger charge is 2.27. The second-order valence-corrected chi connectivity index (χ2v) is 11.2. The Kier molecular flexibility index (Phi) is 7.60. The monoisotopic (exact) mass is 566 g/mol. The van der Waals surface area contributed by atoms with Gasteiger partial charge in [-0.3, -0.25) is 14.2 Å². The fourth-order valence-corrected chi connectivity index (χ4v) is 6.48. The molecule has 42 heavy (non-hydrogen) atoms. The van der Waals surface area contributed by atoms with E-state index in [1.54, 1.807) is 14.2 Å². The molecule has 0 bridgehead atoms. The van der Waals surface area contributed by atoms with E-state index in [4.69, 9.17) is 14.5 Å². The van der Waals surface area contributed by atoms with Crippen molar-refractivity contribution in [1.29, 1.82) is 0 Å². The zero-order valence-electron chi connectivity index (χ0n) is 24.9. The smallest absolute Gasteiger partial charge is 0.272 e. The molecular weight excluding hydrogens is 528 g/mol. The van der Waals surface area contributed by atoms with Gasteiger partial charge in [-0.05, 0) is 82.4 Å². The highest BCUT2D eigenvalue weighted by Crippen LogP contribution is 2.39. The molecule has 0 saturated heterocycles. The van der Waals surface area contributed by atoms with Crippen LogP contribution in [0.5, 0.6) is 11.5 Å². The zero-order chi connectivity index (χ0) is 29.4. The first-order chi connectivity index (χ1) is 20.4. The maximum Gasteiger partial charge on any atom is 0.272 e. The predicted octanol–water partition coefficient (Wildman–Crippen LogP) is 5.96. The third-order valence-corrected chi connectivity index (χ3v) is 8.69. The van der Waals surface area contributed by atoms with E-state index in [2.05, 4.69) is 20.0 Å². The Bertz CT molecular complexity index is 1760. The number of aromatic nitrogens is 4. The third-order valence-electron chi connectivity index (χ3n) is 8.69. The summed E-state index contributed by atoms with van der Waals surface area (Å²) in [5, 5.41) is 7.26. The Morgan fingerprint density at radius 1 is 1.05 bits per heavy atom. The maximum atomic E-state index is 13.4. The van der Waals surface area contributed by atoms with Gasteiger partial charge in [0, 0.05) is 36.3 Å². The summed E-state index contributed by atoms with van der Waals surface area (Å²) in [6.45, 7) is 3.10. The molecule has 9 heteroatoms. The molecule has 0 spiro atoms. The van der Waals surface area contributed by atoms with Crippen LogP contribution in [0.3, 0.4) is 0 Å². The van der Waals surface area contributed by atoms with Crippen LogP contribution < -0.4 is 20.1 Å². The maximum absolute atomic E-state index is 13.4. The molecule has 5 aromatic rings. The molecule has 1 saturated carbocycles. The van der Waals surface area contributed by atoms with Crippen LogP contribution in [-0.2, 0) is 7.05 Å². The van der Waals surface area contributed by atoms with E-state index >= 15 is 0 Å². The minimum atomic E-state index is -0.231. The summed E-state index contributed by atoms with van der Waals surface area (Å²) in [6.07, 6.45) is 8.53. The van der Waals surface area contributed by atoms with Crippen LogP contribution in [0.1, 0.15) is 53.6 Å². The molecule has 3 heterocycles. The number of rotatable bonds is 8. The molecule has 3 aromatic heterocycles. The van der Waals surface area contributed by atoms with Crippen LogP contribution >= 0.6 is 0 Å². The molecule has 0 radical (unpaired) electrons. The third kappa shape index (κ3) is 4.87. The van der Waals surface area contributed by atoms with Gasteiger partial charge < -0.3 is 24.7 Å². The average molecular weight is 567 g/mol. The fraction of sp³-hybridized carbons (Fsp3) is 0.364. The van der Waals surface area contributed by atoms with Gasteiger partial charge in [0.25, 0.3) is 5.91 Å². The van der Waals surface area contributed by atoms with Gasteiger partial charge >= 0.3 is 0 Å². The molecular formula is C33H38N6O3. The van der Waals surface area contributed by atoms with Gasteiger partial charge in [0.2, 0.25) is 0 Å². The molecule has 1 aliphatic carbocycles. The predicted molar refractivity (Wildman–Crippen MR) is 166 cm³/mol. The van der Waals surface area contributed by atoms with Crippen molar-refractivity contribution in [2.75, 3.05) is 33.1 Å². The van der Waals surface area contributed by atoms with E-state index in [9.17, 15) is 4.79 Å². The number of nitrogens with zero attached hydrogens (tertiary/aromatic N) is 4. The number of carbonyl (C=O) groups excluding carboxylic acids is 1. The number of carbonyl (C=O) groups is 1. The molecule has 0 aliphatic heterocycles. The van der Waals surface area contributed by atoms with Crippen molar-refractivity contribution in [1.82, 2.24) is 24.3 Å². The van der Waals surface area contributed by atoms with Crippen LogP contribution in [0, 0.1) is 12.8 Å². The Morgan fingerprint density at radius 2 is 1.83 bits per heavy atom. The number of methoxy groups -OCH3 is 2. The second kappa shape index (κ2) is 11.5. The molecule has 9 nitrogen and oxygen atoms in total. The highest BCUT2D eigenvalue weighted by atomic mass is 16.5. The number of aryl methyl sites for hydroxylation is 2. The topological polar surface area (TPSA) is 94.7 Å². The summed E-state index contributed by atoms with van der Waals surface area (Å²) in [5.41, 5.74) is 5.77. The number of hydrogen-bond acceptors (Lipinski definition) is 6. The van der Waals surface area contributed by atoms with Gasteiger partial charge in [0.1, 0.15) is 23.0 Å². The first-order valence-corrected chi connectivity index (χ1v) is 14.5. The Hall–Kier alpha value is -4.37. The number of nitrogens with one attached hydrogen (secondary N) is 2. The van der Waals surface area contributed by atoms with E-state index in [1.807, 2.05) is 80.4 Å². The molecule has 0 unspecified atom stereocenters. The Morgan fingerprint density at radius 3 is 2.57 bits per heavy atom. The number of hydrogen-bond donors (Lipinski definition) is 2. The summed E-state index contributed by atoms with van der Waals surface area (Å²) in [5.74, 6) is 3.28. The number of ether oxygens (including phenoxy) is 2. The summed E-state index contributed by atoms with van der Waals surface area (Å²) in [4.78, 5) is 23.3. The van der Waals surface area contributed by atoms with Crippen LogP contribution in [-0.4, -0.2) is 52.7 Å². The lowest BCUT2D eigenvalue weighted by atomic mass is 9.81. The summed E-state index contributed by atoms with van der Waals surface area (Å²) in [6, 6.07) is 13.5. The highest BCUT2D eigenvalue weighted by molar-refractivity contribution is 6.08. The van der Waals surface area contributed by atoms with E-state index in [0.29, 0.717) is 23.0 Å². The van der Waals surface area contributed by atoms with Crippen molar-refractivity contribution in [3.05, 3.63) is 72.1 Å². The molecule has 2 N–H and O–H groups in total. The number of imidazole rings is 1. The summed E-state index contributed by atoms with van der Waals surface area (Å²) in [7, 11) is 7.15.